The van der Waals surface area contributed by atoms with Gasteiger partial charge in [-0.25, -0.2) is 9.78 Å². The molecule has 0 bridgehead atoms. The van der Waals surface area contributed by atoms with Gasteiger partial charge in [0.1, 0.15) is 11.4 Å². The van der Waals surface area contributed by atoms with Crippen molar-refractivity contribution in [3.05, 3.63) is 22.0 Å². The van der Waals surface area contributed by atoms with Crippen LogP contribution in [0.25, 0.3) is 11.0 Å². The molecule has 110 valence electrons. The molecule has 1 saturated heterocycles. The minimum absolute atomic E-state index is 0.127. The number of aromatic carboxylic acids is 1. The number of fused-ring (bicyclic) bond motifs is 1. The largest absolute Gasteiger partial charge is 0.478 e. The van der Waals surface area contributed by atoms with Crippen molar-refractivity contribution in [3.63, 3.8) is 0 Å². The lowest BCUT2D eigenvalue weighted by atomic mass is 10.1. The van der Waals surface area contributed by atoms with E-state index in [1.165, 1.54) is 12.5 Å². The molecule has 0 saturated carbocycles. The van der Waals surface area contributed by atoms with E-state index < -0.39 is 11.5 Å². The van der Waals surface area contributed by atoms with Crippen molar-refractivity contribution in [3.8, 4) is 0 Å². The lowest BCUT2D eigenvalue weighted by molar-refractivity contribution is 0.0698. The van der Waals surface area contributed by atoms with Gasteiger partial charge in [0.25, 0.3) is 5.56 Å². The number of anilines is 2. The molecular weight excluding hydrogens is 274 g/mol. The van der Waals surface area contributed by atoms with Gasteiger partial charge in [0, 0.05) is 13.1 Å². The topological polar surface area (TPSA) is 125 Å². The van der Waals surface area contributed by atoms with Gasteiger partial charge in [-0.15, -0.1) is 0 Å². The average Bonchev–Trinajstić information content (AvgIpc) is 2.47. The van der Waals surface area contributed by atoms with E-state index in [0.717, 1.165) is 25.9 Å². The van der Waals surface area contributed by atoms with Crippen molar-refractivity contribution in [2.75, 3.05) is 23.7 Å². The average molecular weight is 289 g/mol. The van der Waals surface area contributed by atoms with Crippen LogP contribution in [0.3, 0.4) is 0 Å². The Bertz CT molecular complexity index is 764. The number of rotatable bonds is 2. The number of nitrogen functional groups attached to an aromatic ring is 1. The number of hydrogen-bond donors (Lipinski definition) is 3. The van der Waals surface area contributed by atoms with Crippen LogP contribution in [-0.2, 0) is 0 Å². The van der Waals surface area contributed by atoms with Gasteiger partial charge >= 0.3 is 5.97 Å². The van der Waals surface area contributed by atoms with Gasteiger partial charge in [-0.1, -0.05) is 0 Å². The Morgan fingerprint density at radius 1 is 1.29 bits per heavy atom. The Kier molecular flexibility index (Phi) is 3.20. The molecule has 0 aliphatic carbocycles. The molecule has 8 heteroatoms. The maximum atomic E-state index is 12.1. The summed E-state index contributed by atoms with van der Waals surface area (Å²) in [6.45, 7) is 1.66. The van der Waals surface area contributed by atoms with E-state index >= 15 is 0 Å². The molecule has 1 fully saturated rings. The maximum absolute atomic E-state index is 12.1. The number of aromatic amines is 1. The Labute approximate surface area is 119 Å². The lowest BCUT2D eigenvalue weighted by Crippen LogP contribution is -2.32. The van der Waals surface area contributed by atoms with Gasteiger partial charge in [0.05, 0.1) is 5.39 Å². The molecule has 1 aliphatic heterocycles. The minimum atomic E-state index is -1.22. The number of H-pyrrole nitrogens is 1. The van der Waals surface area contributed by atoms with Crippen LogP contribution in [0.2, 0.25) is 0 Å². The third-order valence-electron chi connectivity index (χ3n) is 3.60. The Morgan fingerprint density at radius 2 is 2.00 bits per heavy atom. The van der Waals surface area contributed by atoms with Crippen LogP contribution < -0.4 is 16.2 Å². The first-order chi connectivity index (χ1) is 10.1. The zero-order chi connectivity index (χ0) is 15.0. The van der Waals surface area contributed by atoms with E-state index in [2.05, 4.69) is 15.0 Å². The Balaban J connectivity index is 2.13. The fourth-order valence-electron chi connectivity index (χ4n) is 2.49. The van der Waals surface area contributed by atoms with Crippen LogP contribution in [0.1, 0.15) is 29.6 Å². The molecule has 0 amide bonds. The number of hydrogen-bond acceptors (Lipinski definition) is 6. The lowest BCUT2D eigenvalue weighted by Gasteiger charge is -2.26. The van der Waals surface area contributed by atoms with Crippen LogP contribution in [0, 0.1) is 0 Å². The quantitative estimate of drug-likeness (QED) is 0.738. The fraction of sp³-hybridized carbons (Fsp3) is 0.385. The van der Waals surface area contributed by atoms with E-state index in [0.29, 0.717) is 5.95 Å². The maximum Gasteiger partial charge on any atom is 0.339 e. The van der Waals surface area contributed by atoms with E-state index in [-0.39, 0.29) is 22.4 Å². The van der Waals surface area contributed by atoms with Crippen molar-refractivity contribution < 1.29 is 9.90 Å². The molecule has 1 aliphatic rings. The summed E-state index contributed by atoms with van der Waals surface area (Å²) in [5.41, 5.74) is 5.18. The number of piperidine rings is 1. The molecule has 4 N–H and O–H groups in total. The SMILES string of the molecule is Nc1nc2nc(N3CCCCC3)[nH]c(=O)c2cc1C(=O)O. The van der Waals surface area contributed by atoms with Gasteiger partial charge < -0.3 is 15.7 Å². The summed E-state index contributed by atoms with van der Waals surface area (Å²) < 4.78 is 0. The third-order valence-corrected chi connectivity index (χ3v) is 3.60. The molecule has 3 rings (SSSR count). The van der Waals surface area contributed by atoms with Gasteiger partial charge in [0.2, 0.25) is 5.95 Å². The summed E-state index contributed by atoms with van der Waals surface area (Å²) in [5.74, 6) is -0.902. The number of carboxylic acid groups (broad SMARTS) is 1. The van der Waals surface area contributed by atoms with E-state index in [4.69, 9.17) is 10.8 Å². The van der Waals surface area contributed by atoms with Crippen molar-refractivity contribution in [2.24, 2.45) is 0 Å². The van der Waals surface area contributed by atoms with Crippen LogP contribution >= 0.6 is 0 Å². The predicted octanol–water partition coefficient (Wildman–Crippen LogP) is 0.589. The summed E-state index contributed by atoms with van der Waals surface area (Å²) in [6.07, 6.45) is 3.27. The van der Waals surface area contributed by atoms with Crippen molar-refractivity contribution in [2.45, 2.75) is 19.3 Å². The minimum Gasteiger partial charge on any atom is -0.478 e. The molecule has 2 aromatic heterocycles. The second-order valence-corrected chi connectivity index (χ2v) is 5.03. The number of pyridine rings is 1. The monoisotopic (exact) mass is 289 g/mol. The molecule has 8 nitrogen and oxygen atoms in total. The van der Waals surface area contributed by atoms with Crippen LogP contribution in [-0.4, -0.2) is 39.1 Å². The highest BCUT2D eigenvalue weighted by molar-refractivity contribution is 5.96. The smallest absolute Gasteiger partial charge is 0.339 e. The zero-order valence-corrected chi connectivity index (χ0v) is 11.3. The summed E-state index contributed by atoms with van der Waals surface area (Å²) in [5, 5.41) is 9.14. The fourth-order valence-corrected chi connectivity index (χ4v) is 2.49. The molecule has 21 heavy (non-hydrogen) atoms. The Hall–Kier alpha value is -2.64. The first kappa shape index (κ1) is 13.3. The van der Waals surface area contributed by atoms with Crippen molar-refractivity contribution in [1.29, 1.82) is 0 Å². The molecule has 0 radical (unpaired) electrons. The molecule has 0 spiro atoms. The number of nitrogens with two attached hydrogens (primary N) is 1. The summed E-state index contributed by atoms with van der Waals surface area (Å²) >= 11 is 0. The first-order valence-corrected chi connectivity index (χ1v) is 6.75. The van der Waals surface area contributed by atoms with Gasteiger partial charge in [0.15, 0.2) is 5.65 Å². The van der Waals surface area contributed by atoms with Crippen LogP contribution in [0.4, 0.5) is 11.8 Å². The summed E-state index contributed by atoms with van der Waals surface area (Å²) in [6, 6.07) is 1.21. The third kappa shape index (κ3) is 2.39. The van der Waals surface area contributed by atoms with Crippen molar-refractivity contribution >= 4 is 28.8 Å². The van der Waals surface area contributed by atoms with Gasteiger partial charge in [-0.2, -0.15) is 4.98 Å². The van der Waals surface area contributed by atoms with Gasteiger partial charge in [-0.3, -0.25) is 9.78 Å². The van der Waals surface area contributed by atoms with E-state index in [1.54, 1.807) is 0 Å². The zero-order valence-electron chi connectivity index (χ0n) is 11.3. The summed E-state index contributed by atoms with van der Waals surface area (Å²) in [4.78, 5) is 36.1. The molecule has 3 heterocycles. The standard InChI is InChI=1S/C13H15N5O3/c14-9-7(12(20)21)6-8-10(15-9)16-13(17-11(8)19)18-4-2-1-3-5-18/h6H,1-5H2,(H,20,21)(H3,14,15,16,17,19). The number of aromatic nitrogens is 3. The second-order valence-electron chi connectivity index (χ2n) is 5.03. The number of carboxylic acids is 1. The number of nitrogens with one attached hydrogen (secondary N) is 1. The highest BCUT2D eigenvalue weighted by Gasteiger charge is 2.17. The van der Waals surface area contributed by atoms with Crippen LogP contribution in [0.5, 0.6) is 0 Å². The van der Waals surface area contributed by atoms with E-state index in [1.807, 2.05) is 4.90 Å². The van der Waals surface area contributed by atoms with E-state index in [9.17, 15) is 9.59 Å². The highest BCUT2D eigenvalue weighted by Crippen LogP contribution is 2.18. The normalized spacial score (nSPS) is 15.3. The summed E-state index contributed by atoms with van der Waals surface area (Å²) in [7, 11) is 0. The number of carbonyl (C=O) groups is 1. The van der Waals surface area contributed by atoms with Crippen molar-refractivity contribution in [1.82, 2.24) is 15.0 Å². The molecule has 0 unspecified atom stereocenters. The first-order valence-electron chi connectivity index (χ1n) is 6.75. The second kappa shape index (κ2) is 5.04. The van der Waals surface area contributed by atoms with Gasteiger partial charge in [-0.05, 0) is 25.3 Å². The highest BCUT2D eigenvalue weighted by atomic mass is 16.4. The molecule has 0 atom stereocenters. The predicted molar refractivity (Wildman–Crippen MR) is 77.6 cm³/mol. The molecule has 2 aromatic rings. The van der Waals surface area contributed by atoms with Crippen LogP contribution in [0.15, 0.2) is 10.9 Å². The molecule has 0 aromatic carbocycles. The Morgan fingerprint density at radius 3 is 2.67 bits per heavy atom. The molecular formula is C13H15N5O3. The number of nitrogens with zero attached hydrogens (tertiary/aromatic N) is 3.